The summed E-state index contributed by atoms with van der Waals surface area (Å²) < 4.78 is 0. The van der Waals surface area contributed by atoms with Crippen LogP contribution in [0.2, 0.25) is 0 Å². The Labute approximate surface area is 218 Å². The van der Waals surface area contributed by atoms with Crippen LogP contribution in [0.1, 0.15) is 11.1 Å². The predicted octanol–water partition coefficient (Wildman–Crippen LogP) is 9.73. The van der Waals surface area contributed by atoms with Crippen molar-refractivity contribution in [1.82, 2.24) is 0 Å². The van der Waals surface area contributed by atoms with Crippen LogP contribution in [0, 0.1) is 6.07 Å². The van der Waals surface area contributed by atoms with Gasteiger partial charge in [-0.1, -0.05) is 121 Å². The molecular weight excluding hydrogens is 444 g/mol. The molecule has 0 amide bonds. The Morgan fingerprint density at radius 3 is 1.41 bits per heavy atom. The van der Waals surface area contributed by atoms with Gasteiger partial charge in [0, 0.05) is 0 Å². The number of fused-ring (bicyclic) bond motifs is 3. The van der Waals surface area contributed by atoms with E-state index in [2.05, 4.69) is 146 Å². The van der Waals surface area contributed by atoms with Crippen molar-refractivity contribution < 1.29 is 0 Å². The lowest BCUT2D eigenvalue weighted by Gasteiger charge is -2.16. The zero-order valence-corrected chi connectivity index (χ0v) is 20.5. The van der Waals surface area contributed by atoms with Gasteiger partial charge in [-0.15, -0.1) is 0 Å². The fraction of sp³-hybridized carbons (Fsp3) is 0.0270. The Morgan fingerprint density at radius 1 is 0.405 bits per heavy atom. The lowest BCUT2D eigenvalue weighted by Crippen LogP contribution is -1.91. The van der Waals surface area contributed by atoms with Gasteiger partial charge in [-0.05, 0) is 97.4 Å². The SMILES string of the molecule is [c]1c(-c2ccccc2)cc(-c2ccccc2)c2c1Cc1cc(-c3ccccc3)c(-c3ccccc3)cc1-2. The third kappa shape index (κ3) is 3.88. The van der Waals surface area contributed by atoms with Crippen molar-refractivity contribution in [3.8, 4) is 55.6 Å². The van der Waals surface area contributed by atoms with Crippen molar-refractivity contribution in [2.75, 3.05) is 0 Å². The molecule has 7 rings (SSSR count). The van der Waals surface area contributed by atoms with Gasteiger partial charge in [0.15, 0.2) is 0 Å². The van der Waals surface area contributed by atoms with E-state index in [0.29, 0.717) is 0 Å². The van der Waals surface area contributed by atoms with Crippen molar-refractivity contribution in [3.63, 3.8) is 0 Å². The molecule has 0 nitrogen and oxygen atoms in total. The number of hydrogen-bond donors (Lipinski definition) is 0. The summed E-state index contributed by atoms with van der Waals surface area (Å²) >= 11 is 0. The molecule has 6 aromatic rings. The quantitative estimate of drug-likeness (QED) is 0.241. The van der Waals surface area contributed by atoms with Gasteiger partial charge in [-0.3, -0.25) is 0 Å². The zero-order valence-electron chi connectivity index (χ0n) is 20.5. The number of benzene rings is 6. The molecule has 37 heavy (non-hydrogen) atoms. The van der Waals surface area contributed by atoms with E-state index < -0.39 is 0 Å². The minimum Gasteiger partial charge on any atom is -0.0622 e. The summed E-state index contributed by atoms with van der Waals surface area (Å²) in [6.45, 7) is 0. The average Bonchev–Trinajstić information content (AvgIpc) is 3.35. The third-order valence-corrected chi connectivity index (χ3v) is 7.36. The van der Waals surface area contributed by atoms with Gasteiger partial charge in [0.25, 0.3) is 0 Å². The van der Waals surface area contributed by atoms with Crippen molar-refractivity contribution in [2.24, 2.45) is 0 Å². The molecule has 0 saturated heterocycles. The summed E-state index contributed by atoms with van der Waals surface area (Å²) in [5.41, 5.74) is 15.2. The normalized spacial score (nSPS) is 11.7. The van der Waals surface area contributed by atoms with E-state index in [9.17, 15) is 0 Å². The maximum absolute atomic E-state index is 3.82. The monoisotopic (exact) mass is 469 g/mol. The van der Waals surface area contributed by atoms with E-state index in [1.165, 1.54) is 61.2 Å². The zero-order chi connectivity index (χ0) is 24.6. The van der Waals surface area contributed by atoms with Crippen LogP contribution in [0.15, 0.2) is 140 Å². The first-order chi connectivity index (χ1) is 18.3. The van der Waals surface area contributed by atoms with Crippen LogP contribution in [-0.2, 0) is 6.42 Å². The van der Waals surface area contributed by atoms with Crippen LogP contribution in [-0.4, -0.2) is 0 Å². The molecule has 1 aliphatic carbocycles. The molecule has 0 aliphatic heterocycles. The number of hydrogen-bond acceptors (Lipinski definition) is 0. The molecule has 6 aromatic carbocycles. The Hall–Kier alpha value is -4.68. The van der Waals surface area contributed by atoms with Gasteiger partial charge < -0.3 is 0 Å². The van der Waals surface area contributed by atoms with Crippen LogP contribution in [0.4, 0.5) is 0 Å². The van der Waals surface area contributed by atoms with E-state index >= 15 is 0 Å². The lowest BCUT2D eigenvalue weighted by molar-refractivity contribution is 1.26. The highest BCUT2D eigenvalue weighted by molar-refractivity contribution is 5.97. The molecule has 1 aliphatic rings. The van der Waals surface area contributed by atoms with Gasteiger partial charge in [-0.25, -0.2) is 0 Å². The molecule has 0 heterocycles. The maximum atomic E-state index is 3.82. The summed E-state index contributed by atoms with van der Waals surface area (Å²) in [5, 5.41) is 0. The molecule has 1 radical (unpaired) electrons. The molecule has 0 unspecified atom stereocenters. The van der Waals surface area contributed by atoms with Crippen molar-refractivity contribution in [1.29, 1.82) is 0 Å². The van der Waals surface area contributed by atoms with Crippen LogP contribution < -0.4 is 0 Å². The Balaban J connectivity index is 1.50. The second-order valence-corrected chi connectivity index (χ2v) is 9.65. The fourth-order valence-electron chi connectivity index (χ4n) is 5.63. The smallest absolute Gasteiger partial charge is 0.000660 e. The van der Waals surface area contributed by atoms with Crippen LogP contribution in [0.5, 0.6) is 0 Å². The molecule has 0 N–H and O–H groups in total. The Morgan fingerprint density at radius 2 is 0.865 bits per heavy atom. The Kier molecular flexibility index (Phi) is 5.30. The second-order valence-electron chi connectivity index (χ2n) is 9.65. The third-order valence-electron chi connectivity index (χ3n) is 7.36. The topological polar surface area (TPSA) is 0 Å². The first-order valence-electron chi connectivity index (χ1n) is 12.8. The van der Waals surface area contributed by atoms with Gasteiger partial charge in [-0.2, -0.15) is 0 Å². The summed E-state index contributed by atoms with van der Waals surface area (Å²) in [7, 11) is 0. The van der Waals surface area contributed by atoms with Crippen LogP contribution in [0.25, 0.3) is 55.6 Å². The number of rotatable bonds is 4. The highest BCUT2D eigenvalue weighted by atomic mass is 14.3. The summed E-state index contributed by atoms with van der Waals surface area (Å²) in [5.74, 6) is 0. The summed E-state index contributed by atoms with van der Waals surface area (Å²) in [6.07, 6.45) is 0.889. The molecule has 0 aromatic heterocycles. The summed E-state index contributed by atoms with van der Waals surface area (Å²) in [4.78, 5) is 0. The highest BCUT2D eigenvalue weighted by Crippen LogP contribution is 2.48. The summed E-state index contributed by atoms with van der Waals surface area (Å²) in [6, 6.07) is 53.9. The van der Waals surface area contributed by atoms with Gasteiger partial charge >= 0.3 is 0 Å². The largest absolute Gasteiger partial charge is 0.0622 e. The van der Waals surface area contributed by atoms with Crippen LogP contribution >= 0.6 is 0 Å². The van der Waals surface area contributed by atoms with E-state index in [1.807, 2.05) is 0 Å². The van der Waals surface area contributed by atoms with Gasteiger partial charge in [0.2, 0.25) is 0 Å². The van der Waals surface area contributed by atoms with E-state index in [-0.39, 0.29) is 0 Å². The van der Waals surface area contributed by atoms with Crippen molar-refractivity contribution in [2.45, 2.75) is 6.42 Å². The minimum absolute atomic E-state index is 0.889. The minimum atomic E-state index is 0.889. The van der Waals surface area contributed by atoms with E-state index in [0.717, 1.165) is 12.0 Å². The van der Waals surface area contributed by atoms with E-state index in [4.69, 9.17) is 0 Å². The molecule has 0 saturated carbocycles. The maximum Gasteiger partial charge on any atom is -0.000660 e. The van der Waals surface area contributed by atoms with Gasteiger partial charge in [0.1, 0.15) is 0 Å². The second kappa shape index (κ2) is 9.08. The average molecular weight is 470 g/mol. The fourth-order valence-corrected chi connectivity index (χ4v) is 5.63. The molecule has 0 atom stereocenters. The first kappa shape index (κ1) is 21.6. The standard InChI is InChI=1S/C37H25/c1-5-13-26(14-6-1)30-21-32-22-31-24-33(27-15-7-2-8-16-27)34(28-17-9-3-10-18-28)25-36(31)37(32)35(23-30)29-19-11-4-12-20-29/h1-20,23-25H,22H2. The molecule has 0 spiro atoms. The molecule has 0 heteroatoms. The predicted molar refractivity (Wildman–Crippen MR) is 155 cm³/mol. The van der Waals surface area contributed by atoms with Crippen LogP contribution in [0.3, 0.4) is 0 Å². The van der Waals surface area contributed by atoms with Crippen molar-refractivity contribution >= 4 is 0 Å². The Bertz CT molecular complexity index is 1700. The molecule has 0 bridgehead atoms. The lowest BCUT2D eigenvalue weighted by atomic mass is 9.87. The molecular formula is C37H25. The van der Waals surface area contributed by atoms with E-state index in [1.54, 1.807) is 0 Å². The van der Waals surface area contributed by atoms with Gasteiger partial charge in [0.05, 0.1) is 0 Å². The van der Waals surface area contributed by atoms with Crippen molar-refractivity contribution in [3.05, 3.63) is 157 Å². The highest BCUT2D eigenvalue weighted by Gasteiger charge is 2.26. The first-order valence-corrected chi connectivity index (χ1v) is 12.8. The molecule has 0 fully saturated rings. The molecule has 173 valence electrons.